The van der Waals surface area contributed by atoms with Crippen LogP contribution in [0.1, 0.15) is 38.5 Å². The number of aldehydes is 2. The fraction of sp³-hybridized carbons (Fsp3) is 0.778. The standard InChI is InChI=1S/C9H16O3/c10-7-4-2-1-3-5-9(12)6-8-11/h7-9,12H,1-6H2. The van der Waals surface area contributed by atoms with Crippen molar-refractivity contribution in [3.8, 4) is 0 Å². The molecule has 0 fully saturated rings. The van der Waals surface area contributed by atoms with Gasteiger partial charge >= 0.3 is 0 Å². The molecular formula is C9H16O3. The van der Waals surface area contributed by atoms with Crippen LogP contribution in [0.5, 0.6) is 0 Å². The fourth-order valence-electron chi connectivity index (χ4n) is 1.01. The Balaban J connectivity index is 3.07. The van der Waals surface area contributed by atoms with Gasteiger partial charge in [-0.15, -0.1) is 0 Å². The molecule has 0 aliphatic heterocycles. The zero-order valence-corrected chi connectivity index (χ0v) is 7.24. The zero-order valence-electron chi connectivity index (χ0n) is 7.24. The lowest BCUT2D eigenvalue weighted by Gasteiger charge is -2.04. The zero-order chi connectivity index (χ0) is 9.23. The van der Waals surface area contributed by atoms with E-state index < -0.39 is 6.10 Å². The van der Waals surface area contributed by atoms with Gasteiger partial charge in [0, 0.05) is 12.8 Å². The van der Waals surface area contributed by atoms with Crippen molar-refractivity contribution in [3.63, 3.8) is 0 Å². The van der Waals surface area contributed by atoms with Gasteiger partial charge < -0.3 is 14.7 Å². The van der Waals surface area contributed by atoms with Crippen molar-refractivity contribution in [2.75, 3.05) is 0 Å². The first-order valence-electron chi connectivity index (χ1n) is 4.36. The molecule has 1 N–H and O–H groups in total. The van der Waals surface area contributed by atoms with Gasteiger partial charge in [-0.25, -0.2) is 0 Å². The SMILES string of the molecule is O=CCCCCCC(O)CC=O. The topological polar surface area (TPSA) is 54.4 Å². The summed E-state index contributed by atoms with van der Waals surface area (Å²) in [5.74, 6) is 0. The molecule has 1 unspecified atom stereocenters. The number of hydrogen-bond donors (Lipinski definition) is 1. The van der Waals surface area contributed by atoms with E-state index in [1.165, 1.54) is 0 Å². The minimum absolute atomic E-state index is 0.230. The molecule has 3 nitrogen and oxygen atoms in total. The normalized spacial score (nSPS) is 12.4. The highest BCUT2D eigenvalue weighted by atomic mass is 16.3. The predicted octanol–water partition coefficient (Wildman–Crippen LogP) is 1.09. The Hall–Kier alpha value is -0.700. The van der Waals surface area contributed by atoms with E-state index in [0.29, 0.717) is 12.8 Å². The highest BCUT2D eigenvalue weighted by Gasteiger charge is 2.01. The number of carbonyl (C=O) groups excluding carboxylic acids is 2. The number of carbonyl (C=O) groups is 2. The molecule has 0 bridgehead atoms. The summed E-state index contributed by atoms with van der Waals surface area (Å²) >= 11 is 0. The van der Waals surface area contributed by atoms with Crippen LogP contribution in [0.25, 0.3) is 0 Å². The van der Waals surface area contributed by atoms with Crippen LogP contribution in [0.3, 0.4) is 0 Å². The fourth-order valence-corrected chi connectivity index (χ4v) is 1.01. The third-order valence-electron chi connectivity index (χ3n) is 1.73. The van der Waals surface area contributed by atoms with E-state index in [0.717, 1.165) is 31.8 Å². The molecule has 0 aliphatic rings. The molecular weight excluding hydrogens is 156 g/mol. The molecule has 0 aliphatic carbocycles. The number of rotatable bonds is 8. The Kier molecular flexibility index (Phi) is 7.91. The first-order valence-corrected chi connectivity index (χ1v) is 4.36. The van der Waals surface area contributed by atoms with Crippen molar-refractivity contribution in [3.05, 3.63) is 0 Å². The van der Waals surface area contributed by atoms with Gasteiger partial charge in [0.1, 0.15) is 12.6 Å². The van der Waals surface area contributed by atoms with Crippen LogP contribution in [0.2, 0.25) is 0 Å². The summed E-state index contributed by atoms with van der Waals surface area (Å²) in [6.45, 7) is 0. The number of aliphatic hydroxyl groups excluding tert-OH is 1. The van der Waals surface area contributed by atoms with Crippen LogP contribution < -0.4 is 0 Å². The molecule has 0 saturated carbocycles. The molecule has 70 valence electrons. The maximum atomic E-state index is 9.94. The van der Waals surface area contributed by atoms with Crippen molar-refractivity contribution in [2.24, 2.45) is 0 Å². The summed E-state index contributed by atoms with van der Waals surface area (Å²) in [6, 6.07) is 0. The molecule has 3 heteroatoms. The maximum absolute atomic E-state index is 9.94. The second kappa shape index (κ2) is 8.40. The Labute approximate surface area is 72.8 Å². The van der Waals surface area contributed by atoms with Crippen LogP contribution in [0, 0.1) is 0 Å². The average Bonchev–Trinajstić information content (AvgIpc) is 2.05. The lowest BCUT2D eigenvalue weighted by Crippen LogP contribution is -2.06. The summed E-state index contributed by atoms with van der Waals surface area (Å²) in [5, 5.41) is 9.10. The van der Waals surface area contributed by atoms with Crippen LogP contribution >= 0.6 is 0 Å². The average molecular weight is 172 g/mol. The van der Waals surface area contributed by atoms with E-state index in [4.69, 9.17) is 5.11 Å². The molecule has 1 atom stereocenters. The summed E-state index contributed by atoms with van der Waals surface area (Å²) < 4.78 is 0. The third kappa shape index (κ3) is 7.41. The Morgan fingerprint density at radius 1 is 1.08 bits per heavy atom. The highest BCUT2D eigenvalue weighted by Crippen LogP contribution is 2.06. The predicted molar refractivity (Wildman–Crippen MR) is 45.8 cm³/mol. The van der Waals surface area contributed by atoms with Gasteiger partial charge in [0.2, 0.25) is 0 Å². The van der Waals surface area contributed by atoms with Crippen LogP contribution in [0.15, 0.2) is 0 Å². The Morgan fingerprint density at radius 2 is 1.83 bits per heavy atom. The molecule has 0 aromatic heterocycles. The summed E-state index contributed by atoms with van der Waals surface area (Å²) in [4.78, 5) is 19.9. The van der Waals surface area contributed by atoms with E-state index in [2.05, 4.69) is 0 Å². The van der Waals surface area contributed by atoms with Crippen molar-refractivity contribution in [2.45, 2.75) is 44.6 Å². The van der Waals surface area contributed by atoms with Crippen LogP contribution in [0.4, 0.5) is 0 Å². The molecule has 0 saturated heterocycles. The number of aliphatic hydroxyl groups is 1. The van der Waals surface area contributed by atoms with E-state index in [1.54, 1.807) is 0 Å². The molecule has 0 radical (unpaired) electrons. The van der Waals surface area contributed by atoms with Gasteiger partial charge in [0.25, 0.3) is 0 Å². The summed E-state index contributed by atoms with van der Waals surface area (Å²) in [5.41, 5.74) is 0. The Morgan fingerprint density at radius 3 is 2.42 bits per heavy atom. The Bertz CT molecular complexity index is 123. The summed E-state index contributed by atoms with van der Waals surface area (Å²) in [7, 11) is 0. The maximum Gasteiger partial charge on any atom is 0.122 e. The van der Waals surface area contributed by atoms with E-state index >= 15 is 0 Å². The van der Waals surface area contributed by atoms with Crippen LogP contribution in [-0.4, -0.2) is 23.8 Å². The molecule has 0 heterocycles. The molecule has 0 aromatic carbocycles. The van der Waals surface area contributed by atoms with Gasteiger partial charge in [-0.05, 0) is 12.8 Å². The van der Waals surface area contributed by atoms with Gasteiger partial charge in [0.15, 0.2) is 0 Å². The van der Waals surface area contributed by atoms with Crippen molar-refractivity contribution in [1.82, 2.24) is 0 Å². The lowest BCUT2D eigenvalue weighted by atomic mass is 10.1. The van der Waals surface area contributed by atoms with E-state index in [9.17, 15) is 9.59 Å². The van der Waals surface area contributed by atoms with E-state index in [1.807, 2.05) is 0 Å². The first kappa shape index (κ1) is 11.3. The molecule has 0 amide bonds. The minimum Gasteiger partial charge on any atom is -0.393 e. The second-order valence-corrected chi connectivity index (χ2v) is 2.86. The smallest absolute Gasteiger partial charge is 0.122 e. The number of hydrogen-bond acceptors (Lipinski definition) is 3. The molecule has 0 aromatic rings. The van der Waals surface area contributed by atoms with Gasteiger partial charge in [0.05, 0.1) is 6.10 Å². The minimum atomic E-state index is -0.487. The van der Waals surface area contributed by atoms with Gasteiger partial charge in [-0.3, -0.25) is 0 Å². The molecule has 0 spiro atoms. The lowest BCUT2D eigenvalue weighted by molar-refractivity contribution is -0.109. The van der Waals surface area contributed by atoms with Gasteiger partial charge in [-0.1, -0.05) is 12.8 Å². The van der Waals surface area contributed by atoms with Crippen molar-refractivity contribution >= 4 is 12.6 Å². The molecule has 12 heavy (non-hydrogen) atoms. The quantitative estimate of drug-likeness (QED) is 0.440. The van der Waals surface area contributed by atoms with Crippen LogP contribution in [-0.2, 0) is 9.59 Å². The molecule has 0 rings (SSSR count). The van der Waals surface area contributed by atoms with E-state index in [-0.39, 0.29) is 6.42 Å². The third-order valence-corrected chi connectivity index (χ3v) is 1.73. The van der Waals surface area contributed by atoms with Crippen molar-refractivity contribution < 1.29 is 14.7 Å². The first-order chi connectivity index (χ1) is 5.81. The highest BCUT2D eigenvalue weighted by molar-refractivity contribution is 5.50. The van der Waals surface area contributed by atoms with Gasteiger partial charge in [-0.2, -0.15) is 0 Å². The van der Waals surface area contributed by atoms with Crippen molar-refractivity contribution in [1.29, 1.82) is 0 Å². The monoisotopic (exact) mass is 172 g/mol. The second-order valence-electron chi connectivity index (χ2n) is 2.86. The summed E-state index contributed by atoms with van der Waals surface area (Å²) in [6.07, 6.45) is 5.38. The largest absolute Gasteiger partial charge is 0.393 e. The number of unbranched alkanes of at least 4 members (excludes halogenated alkanes) is 3.